The maximum atomic E-state index is 6.01. The molecule has 5 aromatic rings. The zero-order valence-electron chi connectivity index (χ0n) is 18.7. The van der Waals surface area contributed by atoms with Gasteiger partial charge in [0, 0.05) is 35.1 Å². The molecule has 0 spiro atoms. The van der Waals surface area contributed by atoms with Crippen molar-refractivity contribution in [2.45, 2.75) is 19.8 Å². The predicted molar refractivity (Wildman–Crippen MR) is 135 cm³/mol. The molecule has 1 aliphatic rings. The zero-order valence-corrected chi connectivity index (χ0v) is 18.7. The van der Waals surface area contributed by atoms with E-state index in [1.54, 1.807) is 12.4 Å². The van der Waals surface area contributed by atoms with Crippen molar-refractivity contribution in [1.82, 2.24) is 30.1 Å². The van der Waals surface area contributed by atoms with E-state index >= 15 is 0 Å². The molecule has 7 nitrogen and oxygen atoms in total. The number of nitrogens with two attached hydrogens (primary N) is 1. The first-order valence-electron chi connectivity index (χ1n) is 11.2. The SMILES string of the molecule is CC(=C/C=C1CC1)/C(=C\N)c1ccc2[nH]nc(-c3cc4c(-c5ccccn5)cncc4[nH]3)c2n1. The number of hydrogen-bond donors (Lipinski definition) is 3. The average Bonchev–Trinajstić information content (AvgIpc) is 3.45. The van der Waals surface area contributed by atoms with Gasteiger partial charge in [-0.05, 0) is 55.7 Å². The van der Waals surface area contributed by atoms with Crippen molar-refractivity contribution < 1.29 is 0 Å². The van der Waals surface area contributed by atoms with Crippen LogP contribution in [0, 0.1) is 0 Å². The molecule has 1 aliphatic carbocycles. The van der Waals surface area contributed by atoms with Crippen molar-refractivity contribution in [3.05, 3.63) is 90.2 Å². The second-order valence-corrected chi connectivity index (χ2v) is 8.47. The molecule has 166 valence electrons. The van der Waals surface area contributed by atoms with Gasteiger partial charge < -0.3 is 10.7 Å². The zero-order chi connectivity index (χ0) is 23.1. The van der Waals surface area contributed by atoms with E-state index in [0.29, 0.717) is 0 Å². The maximum Gasteiger partial charge on any atom is 0.135 e. The molecular weight excluding hydrogens is 422 g/mol. The molecule has 0 atom stereocenters. The number of pyridine rings is 3. The lowest BCUT2D eigenvalue weighted by Crippen LogP contribution is -1.95. The first-order valence-corrected chi connectivity index (χ1v) is 11.2. The summed E-state index contributed by atoms with van der Waals surface area (Å²) in [4.78, 5) is 17.3. The van der Waals surface area contributed by atoms with E-state index in [4.69, 9.17) is 10.7 Å². The van der Waals surface area contributed by atoms with Crippen LogP contribution in [0.2, 0.25) is 0 Å². The van der Waals surface area contributed by atoms with Crippen LogP contribution >= 0.6 is 0 Å². The van der Waals surface area contributed by atoms with E-state index in [1.165, 1.54) is 18.4 Å². The summed E-state index contributed by atoms with van der Waals surface area (Å²) in [5.74, 6) is 0. The van der Waals surface area contributed by atoms with Gasteiger partial charge in [0.1, 0.15) is 11.2 Å². The number of fused-ring (bicyclic) bond motifs is 2. The molecule has 0 saturated heterocycles. The Morgan fingerprint density at radius 3 is 2.79 bits per heavy atom. The van der Waals surface area contributed by atoms with Gasteiger partial charge in [-0.15, -0.1) is 0 Å². The second kappa shape index (κ2) is 8.12. The summed E-state index contributed by atoms with van der Waals surface area (Å²) in [7, 11) is 0. The summed E-state index contributed by atoms with van der Waals surface area (Å²) in [6, 6.07) is 11.9. The Hall–Kier alpha value is -4.52. The monoisotopic (exact) mass is 445 g/mol. The van der Waals surface area contributed by atoms with Crippen LogP contribution in [0.1, 0.15) is 25.5 Å². The second-order valence-electron chi connectivity index (χ2n) is 8.47. The summed E-state index contributed by atoms with van der Waals surface area (Å²) < 4.78 is 0. The van der Waals surface area contributed by atoms with Crippen molar-refractivity contribution in [3.8, 4) is 22.6 Å². The lowest BCUT2D eigenvalue weighted by Gasteiger charge is -2.07. The van der Waals surface area contributed by atoms with Gasteiger partial charge in [0.15, 0.2) is 0 Å². The number of nitrogens with zero attached hydrogens (tertiary/aromatic N) is 4. The molecule has 0 radical (unpaired) electrons. The molecule has 0 amide bonds. The maximum absolute atomic E-state index is 6.01. The molecular formula is C27H23N7. The molecule has 0 aromatic carbocycles. The molecule has 4 N–H and O–H groups in total. The number of nitrogens with one attached hydrogen (secondary N) is 2. The third-order valence-corrected chi connectivity index (χ3v) is 6.12. The quantitative estimate of drug-likeness (QED) is 0.308. The van der Waals surface area contributed by atoms with Crippen LogP contribution in [0.4, 0.5) is 0 Å². The highest BCUT2D eigenvalue weighted by atomic mass is 15.1. The number of H-pyrrole nitrogens is 2. The molecule has 34 heavy (non-hydrogen) atoms. The van der Waals surface area contributed by atoms with E-state index in [0.717, 1.165) is 61.4 Å². The highest BCUT2D eigenvalue weighted by molar-refractivity contribution is 5.99. The van der Waals surface area contributed by atoms with Crippen molar-refractivity contribution in [2.24, 2.45) is 5.73 Å². The summed E-state index contributed by atoms with van der Waals surface area (Å²) >= 11 is 0. The number of allylic oxidation sites excluding steroid dienone is 5. The van der Waals surface area contributed by atoms with E-state index in [9.17, 15) is 0 Å². The Morgan fingerprint density at radius 1 is 1.09 bits per heavy atom. The number of aromatic nitrogens is 6. The van der Waals surface area contributed by atoms with Crippen LogP contribution in [0.25, 0.3) is 50.2 Å². The lowest BCUT2D eigenvalue weighted by atomic mass is 10.0. The minimum Gasteiger partial charge on any atom is -0.404 e. The van der Waals surface area contributed by atoms with Gasteiger partial charge in [0.25, 0.3) is 0 Å². The largest absolute Gasteiger partial charge is 0.404 e. The molecule has 7 heteroatoms. The summed E-state index contributed by atoms with van der Waals surface area (Å²) in [6.07, 6.45) is 13.7. The van der Waals surface area contributed by atoms with E-state index in [-0.39, 0.29) is 0 Å². The van der Waals surface area contributed by atoms with Gasteiger partial charge >= 0.3 is 0 Å². The van der Waals surface area contributed by atoms with Crippen molar-refractivity contribution in [2.75, 3.05) is 0 Å². The van der Waals surface area contributed by atoms with Crippen molar-refractivity contribution in [1.29, 1.82) is 0 Å². The van der Waals surface area contributed by atoms with Gasteiger partial charge in [-0.25, -0.2) is 4.98 Å². The predicted octanol–water partition coefficient (Wildman–Crippen LogP) is 5.53. The van der Waals surface area contributed by atoms with Crippen LogP contribution in [-0.2, 0) is 0 Å². The Labute approximate surface area is 196 Å². The fourth-order valence-electron chi connectivity index (χ4n) is 4.13. The first-order chi connectivity index (χ1) is 16.7. The Bertz CT molecular complexity index is 1610. The van der Waals surface area contributed by atoms with Crippen LogP contribution < -0.4 is 5.73 Å². The number of hydrogen-bond acceptors (Lipinski definition) is 5. The summed E-state index contributed by atoms with van der Waals surface area (Å²) in [5, 5.41) is 8.71. The average molecular weight is 446 g/mol. The van der Waals surface area contributed by atoms with Crippen LogP contribution in [0.3, 0.4) is 0 Å². The standard InChI is InChI=1S/C27H23N7/c1-16(5-6-17-7-8-17)19(13-28)22-9-10-23-26(32-22)27(34-33-23)24-12-18-20(14-29-15-25(18)31-24)21-4-2-3-11-30-21/h2-6,9-15,31H,7-8,28H2,1H3,(H,33,34)/b16-5-,19-13+. The smallest absolute Gasteiger partial charge is 0.135 e. The van der Waals surface area contributed by atoms with E-state index < -0.39 is 0 Å². The molecule has 1 saturated carbocycles. The highest BCUT2D eigenvalue weighted by Crippen LogP contribution is 2.33. The van der Waals surface area contributed by atoms with Crippen LogP contribution in [0.15, 0.2) is 84.5 Å². The summed E-state index contributed by atoms with van der Waals surface area (Å²) in [6.45, 7) is 2.06. The fraction of sp³-hybridized carbons (Fsp3) is 0.111. The normalized spacial score (nSPS) is 14.2. The topological polar surface area (TPSA) is 109 Å². The number of rotatable bonds is 5. The van der Waals surface area contributed by atoms with Gasteiger partial charge in [-0.2, -0.15) is 5.10 Å². The van der Waals surface area contributed by atoms with Gasteiger partial charge in [0.05, 0.1) is 34.3 Å². The first kappa shape index (κ1) is 20.1. The molecule has 0 unspecified atom stereocenters. The fourth-order valence-corrected chi connectivity index (χ4v) is 4.13. The molecule has 5 aromatic heterocycles. The molecule has 1 fully saturated rings. The van der Waals surface area contributed by atoms with Crippen LogP contribution in [0.5, 0.6) is 0 Å². The van der Waals surface area contributed by atoms with Gasteiger partial charge in [-0.1, -0.05) is 23.8 Å². The minimum atomic E-state index is 0.748. The Kier molecular flexibility index (Phi) is 4.80. The minimum absolute atomic E-state index is 0.748. The third kappa shape index (κ3) is 3.57. The van der Waals surface area contributed by atoms with Crippen LogP contribution in [-0.4, -0.2) is 30.1 Å². The molecule has 6 rings (SSSR count). The molecule has 0 bridgehead atoms. The van der Waals surface area contributed by atoms with Crippen molar-refractivity contribution in [3.63, 3.8) is 0 Å². The van der Waals surface area contributed by atoms with E-state index in [2.05, 4.69) is 50.3 Å². The molecule has 0 aliphatic heterocycles. The molecule has 5 heterocycles. The third-order valence-electron chi connectivity index (χ3n) is 6.12. The van der Waals surface area contributed by atoms with Gasteiger partial charge in [-0.3, -0.25) is 15.1 Å². The van der Waals surface area contributed by atoms with Gasteiger partial charge in [0.2, 0.25) is 0 Å². The number of aromatic amines is 2. The summed E-state index contributed by atoms with van der Waals surface area (Å²) in [5.41, 5.74) is 16.3. The van der Waals surface area contributed by atoms with E-state index in [1.807, 2.05) is 42.7 Å². The van der Waals surface area contributed by atoms with Crippen molar-refractivity contribution >= 4 is 27.5 Å². The highest BCUT2D eigenvalue weighted by Gasteiger charge is 2.17. The Morgan fingerprint density at radius 2 is 2.00 bits per heavy atom. The Balaban J connectivity index is 1.44. The lowest BCUT2D eigenvalue weighted by molar-refractivity contribution is 1.12.